The van der Waals surface area contributed by atoms with Crippen molar-refractivity contribution in [2.75, 3.05) is 12.4 Å². The van der Waals surface area contributed by atoms with Crippen molar-refractivity contribution in [3.8, 4) is 11.5 Å². The summed E-state index contributed by atoms with van der Waals surface area (Å²) >= 11 is 0. The normalized spacial score (nSPS) is 26.8. The molecule has 4 aliphatic rings. The van der Waals surface area contributed by atoms with E-state index in [0.29, 0.717) is 16.7 Å². The van der Waals surface area contributed by atoms with Gasteiger partial charge in [0.2, 0.25) is 0 Å². The summed E-state index contributed by atoms with van der Waals surface area (Å²) in [4.78, 5) is 12.0. The molecule has 7 rings (SSSR count). The van der Waals surface area contributed by atoms with Gasteiger partial charge in [0.15, 0.2) is 0 Å². The number of methoxy groups -OCH3 is 1. The molecule has 0 aromatic heterocycles. The number of ether oxygens (including phenoxy) is 2. The van der Waals surface area contributed by atoms with Crippen molar-refractivity contribution in [3.63, 3.8) is 0 Å². The van der Waals surface area contributed by atoms with Crippen molar-refractivity contribution in [1.29, 1.82) is 0 Å². The lowest BCUT2D eigenvalue weighted by Crippen LogP contribution is -2.48. The van der Waals surface area contributed by atoms with Crippen LogP contribution in [0.4, 0.5) is 11.4 Å². The van der Waals surface area contributed by atoms with Crippen molar-refractivity contribution in [1.82, 2.24) is 0 Å². The van der Waals surface area contributed by atoms with Gasteiger partial charge in [-0.1, -0.05) is 24.3 Å². The maximum atomic E-state index is 12.0. The summed E-state index contributed by atoms with van der Waals surface area (Å²) in [6.45, 7) is 0. The first-order chi connectivity index (χ1) is 16.6. The number of benzene rings is 3. The highest BCUT2D eigenvalue weighted by atomic mass is 16.5. The molecule has 3 aromatic carbocycles. The number of anilines is 2. The van der Waals surface area contributed by atoms with E-state index in [4.69, 9.17) is 9.47 Å². The molecular weight excluding hydrogens is 422 g/mol. The number of nitrogens with one attached hydrogen (secondary N) is 1. The van der Waals surface area contributed by atoms with E-state index in [1.807, 2.05) is 42.5 Å². The van der Waals surface area contributed by atoms with Crippen LogP contribution < -0.4 is 10.1 Å². The van der Waals surface area contributed by atoms with E-state index in [0.717, 1.165) is 34.9 Å². The van der Waals surface area contributed by atoms with E-state index in [1.165, 1.54) is 51.2 Å². The van der Waals surface area contributed by atoms with Crippen LogP contribution in [0.5, 0.6) is 11.5 Å². The molecule has 0 radical (unpaired) electrons. The Morgan fingerprint density at radius 2 is 1.35 bits per heavy atom. The van der Waals surface area contributed by atoms with Crippen LogP contribution in [0.1, 0.15) is 54.4 Å². The summed E-state index contributed by atoms with van der Waals surface area (Å²) in [6, 6.07) is 24.0. The molecule has 4 bridgehead atoms. The van der Waals surface area contributed by atoms with E-state index in [1.54, 1.807) is 6.07 Å². The number of rotatable bonds is 6. The van der Waals surface area contributed by atoms with Gasteiger partial charge in [-0.15, -0.1) is 0 Å². The lowest BCUT2D eigenvalue weighted by atomic mass is 9.48. The highest BCUT2D eigenvalue weighted by Crippen LogP contribution is 2.60. The van der Waals surface area contributed by atoms with Crippen LogP contribution in [0.2, 0.25) is 0 Å². The maximum absolute atomic E-state index is 12.0. The van der Waals surface area contributed by atoms with E-state index < -0.39 is 0 Å². The van der Waals surface area contributed by atoms with Crippen molar-refractivity contribution >= 4 is 17.3 Å². The third-order valence-electron chi connectivity index (χ3n) is 8.21. The SMILES string of the molecule is COC(=O)c1ccccc1Nc1ccc(Oc2ccc(C34CC5CC(CC(C5)C3)C4)cc2)cc1. The zero-order valence-corrected chi connectivity index (χ0v) is 19.6. The molecule has 174 valence electrons. The van der Waals surface area contributed by atoms with E-state index >= 15 is 0 Å². The maximum Gasteiger partial charge on any atom is 0.339 e. The van der Waals surface area contributed by atoms with Gasteiger partial charge in [0.05, 0.1) is 18.4 Å². The molecule has 0 heterocycles. The molecule has 34 heavy (non-hydrogen) atoms. The van der Waals surface area contributed by atoms with E-state index in [-0.39, 0.29) is 5.97 Å². The first kappa shape index (κ1) is 21.3. The molecule has 3 aromatic rings. The molecule has 0 amide bonds. The fourth-order valence-corrected chi connectivity index (χ4v) is 7.12. The van der Waals surface area contributed by atoms with Crippen molar-refractivity contribution in [2.45, 2.75) is 43.9 Å². The molecule has 0 atom stereocenters. The minimum atomic E-state index is -0.361. The summed E-state index contributed by atoms with van der Waals surface area (Å²) in [5.74, 6) is 4.15. The lowest BCUT2D eigenvalue weighted by molar-refractivity contribution is -0.00520. The Morgan fingerprint density at radius 1 is 0.794 bits per heavy atom. The zero-order chi connectivity index (χ0) is 23.1. The number of carbonyl (C=O) groups excluding carboxylic acids is 1. The van der Waals surface area contributed by atoms with Gasteiger partial charge < -0.3 is 14.8 Å². The minimum absolute atomic E-state index is 0.361. The smallest absolute Gasteiger partial charge is 0.339 e. The van der Waals surface area contributed by atoms with Gasteiger partial charge in [-0.3, -0.25) is 0 Å². The topological polar surface area (TPSA) is 47.6 Å². The number of para-hydroxylation sites is 1. The summed E-state index contributed by atoms with van der Waals surface area (Å²) in [5, 5.41) is 3.29. The Bertz CT molecular complexity index is 1150. The van der Waals surface area contributed by atoms with Gasteiger partial charge in [-0.25, -0.2) is 4.79 Å². The second-order valence-corrected chi connectivity index (χ2v) is 10.5. The molecular formula is C30H31NO3. The van der Waals surface area contributed by atoms with Crippen molar-refractivity contribution in [2.24, 2.45) is 17.8 Å². The number of carbonyl (C=O) groups is 1. The van der Waals surface area contributed by atoms with Crippen LogP contribution >= 0.6 is 0 Å². The molecule has 0 spiro atoms. The van der Waals surface area contributed by atoms with E-state index in [2.05, 4.69) is 29.6 Å². The number of hydrogen-bond donors (Lipinski definition) is 1. The Morgan fingerprint density at radius 3 is 1.94 bits per heavy atom. The Balaban J connectivity index is 1.13. The minimum Gasteiger partial charge on any atom is -0.465 e. The second-order valence-electron chi connectivity index (χ2n) is 10.5. The largest absolute Gasteiger partial charge is 0.465 e. The summed E-state index contributed by atoms with van der Waals surface area (Å²) < 4.78 is 11.0. The molecule has 4 aliphatic carbocycles. The molecule has 0 unspecified atom stereocenters. The molecule has 0 aliphatic heterocycles. The number of hydrogen-bond acceptors (Lipinski definition) is 4. The molecule has 4 fully saturated rings. The van der Waals surface area contributed by atoms with Gasteiger partial charge in [0.1, 0.15) is 11.5 Å². The quantitative estimate of drug-likeness (QED) is 0.393. The highest BCUT2D eigenvalue weighted by molar-refractivity contribution is 5.96. The Hall–Kier alpha value is -3.27. The Kier molecular flexibility index (Phi) is 5.32. The fraction of sp³-hybridized carbons (Fsp3) is 0.367. The number of esters is 1. The summed E-state index contributed by atoms with van der Waals surface area (Å²) in [5.41, 5.74) is 4.03. The molecule has 1 N–H and O–H groups in total. The predicted molar refractivity (Wildman–Crippen MR) is 134 cm³/mol. The Labute approximate surface area is 201 Å². The van der Waals surface area contributed by atoms with Crippen molar-refractivity contribution < 1.29 is 14.3 Å². The van der Waals surface area contributed by atoms with Gasteiger partial charge in [-0.2, -0.15) is 0 Å². The third-order valence-corrected chi connectivity index (χ3v) is 8.21. The van der Waals surface area contributed by atoms with Crippen LogP contribution in [0, 0.1) is 17.8 Å². The molecule has 4 saturated carbocycles. The standard InChI is InChI=1S/C30H31NO3/c1-33-29(32)27-4-2-3-5-28(27)31-24-8-12-26(13-9-24)34-25-10-6-23(7-11-25)30-17-20-14-21(18-30)16-22(15-20)19-30/h2-13,20-22,31H,14-19H2,1H3. The van der Waals surface area contributed by atoms with Crippen LogP contribution in [0.15, 0.2) is 72.8 Å². The molecule has 4 heteroatoms. The summed E-state index contributed by atoms with van der Waals surface area (Å²) in [6.07, 6.45) is 8.56. The first-order valence-corrected chi connectivity index (χ1v) is 12.4. The zero-order valence-electron chi connectivity index (χ0n) is 19.6. The highest BCUT2D eigenvalue weighted by Gasteiger charge is 2.51. The molecule has 0 saturated heterocycles. The average molecular weight is 454 g/mol. The molecule has 4 nitrogen and oxygen atoms in total. The van der Waals surface area contributed by atoms with Crippen LogP contribution in [-0.2, 0) is 10.2 Å². The van der Waals surface area contributed by atoms with Crippen LogP contribution in [0.25, 0.3) is 0 Å². The van der Waals surface area contributed by atoms with Gasteiger partial charge >= 0.3 is 5.97 Å². The third kappa shape index (κ3) is 3.96. The average Bonchev–Trinajstić information content (AvgIpc) is 2.85. The monoisotopic (exact) mass is 453 g/mol. The first-order valence-electron chi connectivity index (χ1n) is 12.4. The lowest BCUT2D eigenvalue weighted by Gasteiger charge is -2.57. The summed E-state index contributed by atoms with van der Waals surface area (Å²) in [7, 11) is 1.39. The predicted octanol–water partition coefficient (Wildman–Crippen LogP) is 7.48. The fourth-order valence-electron chi connectivity index (χ4n) is 7.12. The van der Waals surface area contributed by atoms with Gasteiger partial charge in [-0.05, 0) is 116 Å². The second kappa shape index (κ2) is 8.50. The van der Waals surface area contributed by atoms with E-state index in [9.17, 15) is 4.79 Å². The van der Waals surface area contributed by atoms with Gasteiger partial charge in [0.25, 0.3) is 0 Å². The van der Waals surface area contributed by atoms with Crippen LogP contribution in [-0.4, -0.2) is 13.1 Å². The van der Waals surface area contributed by atoms with Crippen LogP contribution in [0.3, 0.4) is 0 Å². The van der Waals surface area contributed by atoms with Crippen molar-refractivity contribution in [3.05, 3.63) is 83.9 Å². The van der Waals surface area contributed by atoms with Gasteiger partial charge in [0, 0.05) is 5.69 Å².